The molecular formula is C23H13F3N4O. The number of hydrogen-bond donors (Lipinski definition) is 0. The average molecular weight is 418 g/mol. The zero-order chi connectivity index (χ0) is 21.4. The highest BCUT2D eigenvalue weighted by atomic mass is 19.1. The number of hydrogen-bond acceptors (Lipinski definition) is 4. The normalized spacial score (nSPS) is 11.1. The van der Waals surface area contributed by atoms with Gasteiger partial charge in [0.1, 0.15) is 23.1 Å². The first-order valence-corrected chi connectivity index (χ1v) is 9.29. The molecule has 152 valence electrons. The van der Waals surface area contributed by atoms with Crippen LogP contribution in [0.1, 0.15) is 0 Å². The van der Waals surface area contributed by atoms with Gasteiger partial charge in [0.05, 0.1) is 23.0 Å². The molecule has 0 saturated carbocycles. The lowest BCUT2D eigenvalue weighted by Gasteiger charge is -2.09. The summed E-state index contributed by atoms with van der Waals surface area (Å²) < 4.78 is 49.0. The Bertz CT molecular complexity index is 1380. The van der Waals surface area contributed by atoms with Crippen LogP contribution in [-0.2, 0) is 0 Å². The maximum absolute atomic E-state index is 14.5. The zero-order valence-electron chi connectivity index (χ0n) is 15.8. The second-order valence-electron chi connectivity index (χ2n) is 6.68. The van der Waals surface area contributed by atoms with Crippen molar-refractivity contribution < 1.29 is 17.7 Å². The van der Waals surface area contributed by atoms with Gasteiger partial charge in [-0.25, -0.2) is 17.9 Å². The van der Waals surface area contributed by atoms with E-state index in [2.05, 4.69) is 15.2 Å². The molecule has 0 spiro atoms. The van der Waals surface area contributed by atoms with Crippen molar-refractivity contribution in [2.24, 2.45) is 0 Å². The standard InChI is InChI=1S/C23H13F3N4O/c24-15-10-11-18(25)16(12-15)22-28-23(31-29-22)17-13-27-30(20-9-5-4-8-19(20)26)21(17)14-6-2-1-3-7-14/h1-13H. The lowest BCUT2D eigenvalue weighted by atomic mass is 10.1. The van der Waals surface area contributed by atoms with Gasteiger partial charge in [-0.3, -0.25) is 0 Å². The van der Waals surface area contributed by atoms with E-state index in [1.165, 1.54) is 16.9 Å². The fourth-order valence-electron chi connectivity index (χ4n) is 3.30. The molecule has 0 aliphatic heterocycles. The Hall–Kier alpha value is -4.20. The van der Waals surface area contributed by atoms with E-state index in [1.54, 1.807) is 18.2 Å². The first kappa shape index (κ1) is 18.8. The molecule has 0 aliphatic carbocycles. The van der Waals surface area contributed by atoms with Crippen molar-refractivity contribution in [3.8, 4) is 39.8 Å². The van der Waals surface area contributed by atoms with Crippen molar-refractivity contribution in [1.82, 2.24) is 19.9 Å². The van der Waals surface area contributed by atoms with E-state index < -0.39 is 17.5 Å². The summed E-state index contributed by atoms with van der Waals surface area (Å²) in [6.07, 6.45) is 1.47. The Labute approximate surface area is 174 Å². The summed E-state index contributed by atoms with van der Waals surface area (Å²) in [5.74, 6) is -1.83. The molecule has 2 heterocycles. The maximum atomic E-state index is 14.5. The quantitative estimate of drug-likeness (QED) is 0.377. The Kier molecular flexibility index (Phi) is 4.59. The largest absolute Gasteiger partial charge is 0.333 e. The molecule has 0 bridgehead atoms. The van der Waals surface area contributed by atoms with Crippen LogP contribution in [0.15, 0.2) is 83.5 Å². The first-order chi connectivity index (χ1) is 15.1. The minimum Gasteiger partial charge on any atom is -0.333 e. The van der Waals surface area contributed by atoms with E-state index in [4.69, 9.17) is 4.52 Å². The second kappa shape index (κ2) is 7.56. The van der Waals surface area contributed by atoms with Crippen LogP contribution in [0.5, 0.6) is 0 Å². The minimum absolute atomic E-state index is 0.0418. The summed E-state index contributed by atoms with van der Waals surface area (Å²) >= 11 is 0. The minimum atomic E-state index is -0.681. The van der Waals surface area contributed by atoms with Gasteiger partial charge in [0.15, 0.2) is 0 Å². The highest BCUT2D eigenvalue weighted by Crippen LogP contribution is 2.34. The van der Waals surface area contributed by atoms with E-state index in [1.807, 2.05) is 30.3 Å². The molecule has 31 heavy (non-hydrogen) atoms. The smallest absolute Gasteiger partial charge is 0.262 e. The zero-order valence-corrected chi connectivity index (χ0v) is 15.8. The fraction of sp³-hybridized carbons (Fsp3) is 0. The summed E-state index contributed by atoms with van der Waals surface area (Å²) in [7, 11) is 0. The lowest BCUT2D eigenvalue weighted by molar-refractivity contribution is 0.432. The van der Waals surface area contributed by atoms with Crippen molar-refractivity contribution in [3.05, 3.63) is 96.4 Å². The number of benzene rings is 3. The summed E-state index contributed by atoms with van der Waals surface area (Å²) in [4.78, 5) is 4.24. The van der Waals surface area contributed by atoms with Gasteiger partial charge in [-0.15, -0.1) is 0 Å². The number of aromatic nitrogens is 4. The topological polar surface area (TPSA) is 56.7 Å². The lowest BCUT2D eigenvalue weighted by Crippen LogP contribution is -2.02. The molecule has 0 saturated heterocycles. The molecule has 5 nitrogen and oxygen atoms in total. The predicted octanol–water partition coefficient (Wildman–Crippen LogP) is 5.67. The second-order valence-corrected chi connectivity index (χ2v) is 6.68. The van der Waals surface area contributed by atoms with Gasteiger partial charge in [-0.2, -0.15) is 10.1 Å². The van der Waals surface area contributed by atoms with E-state index in [9.17, 15) is 13.2 Å². The van der Waals surface area contributed by atoms with Gasteiger partial charge >= 0.3 is 0 Å². The number of para-hydroxylation sites is 1. The Balaban J connectivity index is 1.68. The number of halogens is 3. The van der Waals surface area contributed by atoms with Gasteiger partial charge in [-0.05, 0) is 30.3 Å². The molecule has 0 fully saturated rings. The van der Waals surface area contributed by atoms with Crippen LogP contribution < -0.4 is 0 Å². The Morgan fingerprint density at radius 3 is 2.35 bits per heavy atom. The van der Waals surface area contributed by atoms with Crippen molar-refractivity contribution in [1.29, 1.82) is 0 Å². The van der Waals surface area contributed by atoms with E-state index in [-0.39, 0.29) is 23.0 Å². The molecule has 0 N–H and O–H groups in total. The summed E-state index contributed by atoms with van der Waals surface area (Å²) in [6, 6.07) is 18.4. The summed E-state index contributed by atoms with van der Waals surface area (Å²) in [5, 5.41) is 8.12. The van der Waals surface area contributed by atoms with E-state index in [0.717, 1.165) is 23.8 Å². The highest BCUT2D eigenvalue weighted by Gasteiger charge is 2.23. The fourth-order valence-corrected chi connectivity index (χ4v) is 3.30. The van der Waals surface area contributed by atoms with Crippen LogP contribution in [0, 0.1) is 17.5 Å². The van der Waals surface area contributed by atoms with Gasteiger partial charge in [0, 0.05) is 5.56 Å². The van der Waals surface area contributed by atoms with Crippen molar-refractivity contribution >= 4 is 0 Å². The molecule has 0 unspecified atom stereocenters. The third-order valence-electron chi connectivity index (χ3n) is 4.72. The molecule has 0 radical (unpaired) electrons. The van der Waals surface area contributed by atoms with Crippen LogP contribution >= 0.6 is 0 Å². The monoisotopic (exact) mass is 418 g/mol. The van der Waals surface area contributed by atoms with Crippen molar-refractivity contribution in [2.45, 2.75) is 0 Å². The number of nitrogens with zero attached hydrogens (tertiary/aromatic N) is 4. The SMILES string of the molecule is Fc1ccc(F)c(-c2noc(-c3cnn(-c4ccccc4F)c3-c3ccccc3)n2)c1. The molecular weight excluding hydrogens is 405 g/mol. The molecule has 5 aromatic rings. The van der Waals surface area contributed by atoms with Crippen molar-refractivity contribution in [3.63, 3.8) is 0 Å². The maximum Gasteiger partial charge on any atom is 0.262 e. The van der Waals surface area contributed by atoms with Gasteiger partial charge < -0.3 is 4.52 Å². The molecule has 3 aromatic carbocycles. The Morgan fingerprint density at radius 2 is 1.55 bits per heavy atom. The predicted molar refractivity (Wildman–Crippen MR) is 108 cm³/mol. The highest BCUT2D eigenvalue weighted by molar-refractivity contribution is 5.78. The molecule has 8 heteroatoms. The molecule has 0 atom stereocenters. The third kappa shape index (κ3) is 3.38. The third-order valence-corrected chi connectivity index (χ3v) is 4.72. The van der Waals surface area contributed by atoms with E-state index >= 15 is 0 Å². The Morgan fingerprint density at radius 1 is 0.774 bits per heavy atom. The van der Waals surface area contributed by atoms with Crippen LogP contribution in [-0.4, -0.2) is 19.9 Å². The molecule has 2 aromatic heterocycles. The van der Waals surface area contributed by atoms with Crippen LogP contribution in [0.2, 0.25) is 0 Å². The summed E-state index contributed by atoms with van der Waals surface area (Å²) in [6.45, 7) is 0. The van der Waals surface area contributed by atoms with Crippen LogP contribution in [0.4, 0.5) is 13.2 Å². The van der Waals surface area contributed by atoms with E-state index in [0.29, 0.717) is 11.3 Å². The summed E-state index contributed by atoms with van der Waals surface area (Å²) in [5.41, 5.74) is 1.78. The van der Waals surface area contributed by atoms with Crippen LogP contribution in [0.3, 0.4) is 0 Å². The van der Waals surface area contributed by atoms with Gasteiger partial charge in [0.25, 0.3) is 5.89 Å². The number of rotatable bonds is 4. The average Bonchev–Trinajstić information content (AvgIpc) is 3.44. The molecule has 5 rings (SSSR count). The molecule has 0 amide bonds. The van der Waals surface area contributed by atoms with Gasteiger partial charge in [0.2, 0.25) is 5.82 Å². The van der Waals surface area contributed by atoms with Crippen molar-refractivity contribution in [2.75, 3.05) is 0 Å². The first-order valence-electron chi connectivity index (χ1n) is 9.29. The molecule has 0 aliphatic rings. The van der Waals surface area contributed by atoms with Crippen LogP contribution in [0.25, 0.3) is 39.8 Å². The van der Waals surface area contributed by atoms with Gasteiger partial charge in [-0.1, -0.05) is 47.6 Å².